The van der Waals surface area contributed by atoms with Gasteiger partial charge in [-0.3, -0.25) is 24.0 Å². The third-order valence-electron chi connectivity index (χ3n) is 9.32. The highest BCUT2D eigenvalue weighted by atomic mass is 16.3. The van der Waals surface area contributed by atoms with Crippen LogP contribution < -0.4 is 5.73 Å². The summed E-state index contributed by atoms with van der Waals surface area (Å²) in [5.41, 5.74) is 7.27. The van der Waals surface area contributed by atoms with Crippen molar-refractivity contribution in [3.05, 3.63) is 89.0 Å². The Labute approximate surface area is 242 Å². The molecular weight excluding hydrogens is 534 g/mol. The van der Waals surface area contributed by atoms with Gasteiger partial charge in [0.25, 0.3) is 0 Å². The second-order valence-electron chi connectivity index (χ2n) is 11.8. The second-order valence-corrected chi connectivity index (χ2v) is 11.8. The van der Waals surface area contributed by atoms with Crippen molar-refractivity contribution in [2.45, 2.75) is 44.1 Å². The first-order valence-corrected chi connectivity index (χ1v) is 14.3. The number of ketones is 4. The molecule has 0 spiro atoms. The van der Waals surface area contributed by atoms with Crippen molar-refractivity contribution in [2.75, 3.05) is 0 Å². The lowest BCUT2D eigenvalue weighted by Crippen LogP contribution is -2.68. The number of fused-ring (bicyclic) bond motifs is 3. The van der Waals surface area contributed by atoms with Gasteiger partial charge in [-0.1, -0.05) is 60.7 Å². The molecule has 2 unspecified atom stereocenters. The minimum absolute atomic E-state index is 0.00173. The predicted octanol–water partition coefficient (Wildman–Crippen LogP) is 3.17. The summed E-state index contributed by atoms with van der Waals surface area (Å²) >= 11 is 0. The van der Waals surface area contributed by atoms with Crippen LogP contribution in [0.1, 0.15) is 46.3 Å². The Hall–Kier alpha value is -4.43. The number of primary amides is 1. The van der Waals surface area contributed by atoms with Gasteiger partial charge in [0.2, 0.25) is 5.91 Å². The van der Waals surface area contributed by atoms with Crippen molar-refractivity contribution in [3.8, 4) is 16.9 Å². The zero-order valence-electron chi connectivity index (χ0n) is 22.9. The summed E-state index contributed by atoms with van der Waals surface area (Å²) < 4.78 is 0. The van der Waals surface area contributed by atoms with Gasteiger partial charge in [-0.05, 0) is 71.9 Å². The Balaban J connectivity index is 1.28. The molecule has 6 rings (SSSR count). The van der Waals surface area contributed by atoms with Crippen molar-refractivity contribution in [1.82, 2.24) is 0 Å². The summed E-state index contributed by atoms with van der Waals surface area (Å²) in [7, 11) is 0. The van der Waals surface area contributed by atoms with Crippen LogP contribution in [0.2, 0.25) is 0 Å². The van der Waals surface area contributed by atoms with Gasteiger partial charge >= 0.3 is 0 Å². The first-order chi connectivity index (χ1) is 20.1. The van der Waals surface area contributed by atoms with Crippen LogP contribution in [-0.4, -0.2) is 44.9 Å². The van der Waals surface area contributed by atoms with Gasteiger partial charge < -0.3 is 15.9 Å². The molecule has 2 saturated carbocycles. The molecule has 42 heavy (non-hydrogen) atoms. The van der Waals surface area contributed by atoms with Crippen molar-refractivity contribution in [2.24, 2.45) is 29.4 Å². The third kappa shape index (κ3) is 4.38. The number of carbonyl (C=O) groups is 5. The highest BCUT2D eigenvalue weighted by Crippen LogP contribution is 2.51. The fourth-order valence-corrected chi connectivity index (χ4v) is 7.23. The van der Waals surface area contributed by atoms with E-state index in [0.29, 0.717) is 5.56 Å². The Morgan fingerprint density at radius 3 is 2.19 bits per heavy atom. The van der Waals surface area contributed by atoms with Crippen LogP contribution in [0.25, 0.3) is 11.1 Å². The highest BCUT2D eigenvalue weighted by molar-refractivity contribution is 6.31. The van der Waals surface area contributed by atoms with E-state index in [1.54, 1.807) is 6.07 Å². The van der Waals surface area contributed by atoms with Crippen LogP contribution in [-0.2, 0) is 38.4 Å². The highest BCUT2D eigenvalue weighted by Gasteiger charge is 2.66. The first-order valence-electron chi connectivity index (χ1n) is 14.3. The van der Waals surface area contributed by atoms with Gasteiger partial charge in [0.1, 0.15) is 5.75 Å². The average molecular weight is 566 g/mol. The number of amides is 1. The molecule has 3 aromatic carbocycles. The van der Waals surface area contributed by atoms with Gasteiger partial charge in [-0.25, -0.2) is 0 Å². The Morgan fingerprint density at radius 1 is 0.857 bits per heavy atom. The van der Waals surface area contributed by atoms with Gasteiger partial charge in [-0.15, -0.1) is 0 Å². The molecular formula is C34H31NO7. The number of rotatable bonds is 6. The second kappa shape index (κ2) is 10.4. The molecule has 1 amide bonds. The Bertz CT molecular complexity index is 1630. The van der Waals surface area contributed by atoms with E-state index in [0.717, 1.165) is 30.4 Å². The summed E-state index contributed by atoms with van der Waals surface area (Å²) in [6, 6.07) is 21.5. The van der Waals surface area contributed by atoms with Gasteiger partial charge in [0.05, 0.1) is 11.5 Å². The lowest BCUT2D eigenvalue weighted by Gasteiger charge is -2.48. The van der Waals surface area contributed by atoms with Crippen LogP contribution in [0, 0.1) is 23.7 Å². The molecule has 2 fully saturated rings. The number of phenols is 1. The number of phenolic OH excluding ortho intramolecular Hbond substituents is 1. The topological polar surface area (TPSA) is 152 Å². The van der Waals surface area contributed by atoms with Crippen LogP contribution in [0.3, 0.4) is 0 Å². The number of carbonyl (C=O) groups excluding carboxylic acids is 5. The SMILES string of the molecule is NC(=O)C1C(=O)C[C@@H]2C[C@@H]3Cc4c(-c5ccc(CCCc6ccccc6)cc5)ccc(O)c4C(=O)C3C(=O)[C@]2(O)C1=O. The molecule has 3 aliphatic rings. The van der Waals surface area contributed by atoms with Crippen molar-refractivity contribution >= 4 is 29.0 Å². The summed E-state index contributed by atoms with van der Waals surface area (Å²) in [5, 5.41) is 22.1. The van der Waals surface area contributed by atoms with Gasteiger partial charge in [0, 0.05) is 12.3 Å². The van der Waals surface area contributed by atoms with E-state index < -0.39 is 58.3 Å². The zero-order valence-corrected chi connectivity index (χ0v) is 22.9. The predicted molar refractivity (Wildman–Crippen MR) is 152 cm³/mol. The van der Waals surface area contributed by atoms with Crippen molar-refractivity contribution in [3.63, 3.8) is 0 Å². The Kier molecular flexibility index (Phi) is 6.89. The maximum Gasteiger partial charge on any atom is 0.235 e. The molecule has 3 aromatic rings. The summed E-state index contributed by atoms with van der Waals surface area (Å²) in [5.74, 6) is -10.1. The largest absolute Gasteiger partial charge is 0.507 e. The van der Waals surface area contributed by atoms with E-state index in [2.05, 4.69) is 12.1 Å². The molecule has 0 bridgehead atoms. The molecule has 0 heterocycles. The molecule has 214 valence electrons. The van der Waals surface area contributed by atoms with E-state index in [9.17, 15) is 34.2 Å². The minimum atomic E-state index is -2.65. The normalized spacial score (nSPS) is 26.8. The Morgan fingerprint density at radius 2 is 1.52 bits per heavy atom. The van der Waals surface area contributed by atoms with Crippen LogP contribution in [0.4, 0.5) is 0 Å². The third-order valence-corrected chi connectivity index (χ3v) is 9.32. The van der Waals surface area contributed by atoms with E-state index in [-0.39, 0.29) is 30.6 Å². The van der Waals surface area contributed by atoms with Gasteiger partial charge in [0.15, 0.2) is 34.7 Å². The number of hydrogen-bond acceptors (Lipinski definition) is 7. The maximum absolute atomic E-state index is 13.8. The standard InChI is InChI=1S/C34H31NO7/c35-33(41)29-26(37)17-22-15-21-16-24-23(20-11-9-19(10-12-20)8-4-7-18-5-2-1-3-6-18)13-14-25(36)28(24)30(38)27(21)31(39)34(22,42)32(29)40/h1-3,5-6,9-14,21-22,27,29,36,42H,4,7-8,15-17H2,(H2,35,41)/t21-,22+,27?,29?,34+/m1/s1. The van der Waals surface area contributed by atoms with Crippen LogP contribution in [0.5, 0.6) is 5.75 Å². The number of aromatic hydroxyl groups is 1. The fourth-order valence-electron chi connectivity index (χ4n) is 7.23. The van der Waals surface area contributed by atoms with E-state index in [4.69, 9.17) is 5.73 Å². The van der Waals surface area contributed by atoms with Crippen molar-refractivity contribution < 1.29 is 34.2 Å². The molecule has 4 N–H and O–H groups in total. The number of aliphatic hydroxyl groups is 1. The first kappa shape index (κ1) is 27.7. The van der Waals surface area contributed by atoms with Crippen LogP contribution >= 0.6 is 0 Å². The smallest absolute Gasteiger partial charge is 0.235 e. The van der Waals surface area contributed by atoms with Crippen molar-refractivity contribution in [1.29, 1.82) is 0 Å². The average Bonchev–Trinajstić information content (AvgIpc) is 2.96. The molecule has 0 aromatic heterocycles. The zero-order chi connectivity index (χ0) is 29.8. The summed E-state index contributed by atoms with van der Waals surface area (Å²) in [6.07, 6.45) is 2.84. The molecule has 0 aliphatic heterocycles. The monoisotopic (exact) mass is 565 g/mol. The molecule has 0 saturated heterocycles. The van der Waals surface area contributed by atoms with E-state index >= 15 is 0 Å². The molecule has 0 radical (unpaired) electrons. The molecule has 8 heteroatoms. The fraction of sp³-hybridized carbons (Fsp3) is 0.324. The summed E-state index contributed by atoms with van der Waals surface area (Å²) in [6.45, 7) is 0. The molecule has 8 nitrogen and oxygen atoms in total. The molecule has 3 aliphatic carbocycles. The molecule has 5 atom stereocenters. The lowest BCUT2D eigenvalue weighted by atomic mass is 9.53. The van der Waals surface area contributed by atoms with E-state index in [1.807, 2.05) is 42.5 Å². The van der Waals surface area contributed by atoms with Gasteiger partial charge in [-0.2, -0.15) is 0 Å². The summed E-state index contributed by atoms with van der Waals surface area (Å²) in [4.78, 5) is 64.9. The minimum Gasteiger partial charge on any atom is -0.507 e. The van der Waals surface area contributed by atoms with Crippen LogP contribution in [0.15, 0.2) is 66.7 Å². The lowest BCUT2D eigenvalue weighted by molar-refractivity contribution is -0.175. The van der Waals surface area contributed by atoms with E-state index in [1.165, 1.54) is 17.2 Å². The quantitative estimate of drug-likeness (QED) is 0.388. The number of benzene rings is 3. The number of nitrogens with two attached hydrogens (primary N) is 1. The number of hydrogen-bond donors (Lipinski definition) is 3. The number of Topliss-reactive ketones (excluding diaryl/α,β-unsaturated/α-hetero) is 4. The maximum atomic E-state index is 13.8. The number of aryl methyl sites for hydroxylation is 2.